The van der Waals surface area contributed by atoms with E-state index in [-0.39, 0.29) is 11.2 Å². The monoisotopic (exact) mass is 249 g/mol. The predicted octanol–water partition coefficient (Wildman–Crippen LogP) is 3.05. The topological polar surface area (TPSA) is 64.9 Å². The summed E-state index contributed by atoms with van der Waals surface area (Å²) in [7, 11) is 0. The molecule has 2 aromatic rings. The van der Waals surface area contributed by atoms with E-state index in [4.69, 9.17) is 10.3 Å². The van der Waals surface area contributed by atoms with Gasteiger partial charge in [0, 0.05) is 12.1 Å². The van der Waals surface area contributed by atoms with Crippen LogP contribution in [0.2, 0.25) is 0 Å². The van der Waals surface area contributed by atoms with Crippen molar-refractivity contribution in [3.63, 3.8) is 0 Å². The molecule has 96 valence electrons. The Bertz CT molecular complexity index is 558. The third kappa shape index (κ3) is 2.85. The van der Waals surface area contributed by atoms with E-state index in [9.17, 15) is 4.39 Å². The molecule has 2 rings (SSSR count). The molecule has 0 amide bonds. The minimum absolute atomic E-state index is 0.0789. The lowest BCUT2D eigenvalue weighted by Crippen LogP contribution is -2.10. The molecule has 0 saturated carbocycles. The molecule has 0 fully saturated rings. The lowest BCUT2D eigenvalue weighted by atomic mass is 9.92. The zero-order chi connectivity index (χ0) is 13.3. The Morgan fingerprint density at radius 1 is 1.33 bits per heavy atom. The molecule has 0 aliphatic rings. The summed E-state index contributed by atoms with van der Waals surface area (Å²) in [4.78, 5) is 4.28. The van der Waals surface area contributed by atoms with Crippen LogP contribution in [0.1, 0.15) is 26.6 Å². The van der Waals surface area contributed by atoms with Crippen LogP contribution in [0.25, 0.3) is 11.5 Å². The first kappa shape index (κ1) is 12.5. The molecule has 18 heavy (non-hydrogen) atoms. The van der Waals surface area contributed by atoms with Crippen molar-refractivity contribution in [1.29, 1.82) is 0 Å². The van der Waals surface area contributed by atoms with Crippen LogP contribution in [0.3, 0.4) is 0 Å². The fourth-order valence-electron chi connectivity index (χ4n) is 1.64. The van der Waals surface area contributed by atoms with Crippen LogP contribution in [-0.4, -0.2) is 10.1 Å². The summed E-state index contributed by atoms with van der Waals surface area (Å²) in [6.07, 6.45) is 0.706. The van der Waals surface area contributed by atoms with Crippen LogP contribution in [0.4, 0.5) is 10.1 Å². The first-order valence-electron chi connectivity index (χ1n) is 5.73. The summed E-state index contributed by atoms with van der Waals surface area (Å²) in [5, 5.41) is 3.91. The van der Waals surface area contributed by atoms with Gasteiger partial charge in [-0.05, 0) is 23.6 Å². The molecule has 0 atom stereocenters. The second-order valence-electron chi connectivity index (χ2n) is 5.48. The second kappa shape index (κ2) is 4.40. The number of nitrogens with zero attached hydrogens (tertiary/aromatic N) is 2. The number of anilines is 1. The third-order valence-corrected chi connectivity index (χ3v) is 2.40. The van der Waals surface area contributed by atoms with Crippen molar-refractivity contribution in [2.45, 2.75) is 27.2 Å². The number of benzene rings is 1. The lowest BCUT2D eigenvalue weighted by Gasteiger charge is -2.14. The highest BCUT2D eigenvalue weighted by Gasteiger charge is 2.17. The van der Waals surface area contributed by atoms with Gasteiger partial charge in [-0.1, -0.05) is 25.9 Å². The molecule has 0 aliphatic heterocycles. The average molecular weight is 249 g/mol. The summed E-state index contributed by atoms with van der Waals surface area (Å²) in [5.74, 6) is 0.568. The number of nitrogen functional groups attached to an aromatic ring is 1. The smallest absolute Gasteiger partial charge is 0.260 e. The Morgan fingerprint density at radius 2 is 2.06 bits per heavy atom. The maximum absolute atomic E-state index is 12.9. The number of rotatable bonds is 2. The summed E-state index contributed by atoms with van der Waals surface area (Å²) < 4.78 is 18.1. The fraction of sp³-hybridized carbons (Fsp3) is 0.385. The molecule has 0 unspecified atom stereocenters. The van der Waals surface area contributed by atoms with Crippen LogP contribution in [-0.2, 0) is 6.42 Å². The molecule has 0 aliphatic carbocycles. The molecule has 0 spiro atoms. The van der Waals surface area contributed by atoms with Gasteiger partial charge in [0.1, 0.15) is 5.82 Å². The van der Waals surface area contributed by atoms with Crippen molar-refractivity contribution >= 4 is 5.69 Å². The molecule has 0 saturated heterocycles. The highest BCUT2D eigenvalue weighted by Crippen LogP contribution is 2.26. The maximum Gasteiger partial charge on any atom is 0.260 e. The van der Waals surface area contributed by atoms with E-state index < -0.39 is 0 Å². The first-order valence-corrected chi connectivity index (χ1v) is 5.73. The number of halogens is 1. The summed E-state index contributed by atoms with van der Waals surface area (Å²) in [6, 6.07) is 4.10. The van der Waals surface area contributed by atoms with Crippen LogP contribution < -0.4 is 5.73 Å². The molecule has 5 heteroatoms. The molecular weight excluding hydrogens is 233 g/mol. The molecule has 1 aromatic heterocycles. The van der Waals surface area contributed by atoms with Gasteiger partial charge >= 0.3 is 0 Å². The van der Waals surface area contributed by atoms with Gasteiger partial charge in [-0.25, -0.2) is 4.39 Å². The summed E-state index contributed by atoms with van der Waals surface area (Å²) in [5.41, 5.74) is 6.65. The van der Waals surface area contributed by atoms with Gasteiger partial charge in [-0.2, -0.15) is 4.98 Å². The highest BCUT2D eigenvalue weighted by molar-refractivity contribution is 5.70. The normalized spacial score (nSPS) is 11.8. The van der Waals surface area contributed by atoms with Gasteiger partial charge < -0.3 is 10.3 Å². The zero-order valence-corrected chi connectivity index (χ0v) is 10.7. The summed E-state index contributed by atoms with van der Waals surface area (Å²) in [6.45, 7) is 6.28. The van der Waals surface area contributed by atoms with E-state index in [1.165, 1.54) is 12.1 Å². The molecule has 1 aromatic carbocycles. The molecule has 1 heterocycles. The van der Waals surface area contributed by atoms with Crippen molar-refractivity contribution in [2.24, 2.45) is 5.41 Å². The Balaban J connectivity index is 2.29. The summed E-state index contributed by atoms with van der Waals surface area (Å²) >= 11 is 0. The SMILES string of the molecule is CC(C)(C)Cc1noc(-c2ccc(F)cc2N)n1. The van der Waals surface area contributed by atoms with E-state index in [2.05, 4.69) is 30.9 Å². The van der Waals surface area contributed by atoms with Crippen LogP contribution >= 0.6 is 0 Å². The van der Waals surface area contributed by atoms with Gasteiger partial charge in [0.15, 0.2) is 5.82 Å². The number of nitrogens with two attached hydrogens (primary N) is 1. The van der Waals surface area contributed by atoms with Crippen molar-refractivity contribution in [2.75, 3.05) is 5.73 Å². The van der Waals surface area contributed by atoms with Crippen molar-refractivity contribution in [3.8, 4) is 11.5 Å². The van der Waals surface area contributed by atoms with Crippen molar-refractivity contribution in [3.05, 3.63) is 29.8 Å². The minimum Gasteiger partial charge on any atom is -0.398 e. The predicted molar refractivity (Wildman–Crippen MR) is 67.3 cm³/mol. The largest absolute Gasteiger partial charge is 0.398 e. The van der Waals surface area contributed by atoms with Crippen LogP contribution in [0.5, 0.6) is 0 Å². The average Bonchev–Trinajstić information content (AvgIpc) is 2.63. The van der Waals surface area contributed by atoms with Gasteiger partial charge in [0.25, 0.3) is 5.89 Å². The van der Waals surface area contributed by atoms with E-state index in [1.54, 1.807) is 6.07 Å². The highest BCUT2D eigenvalue weighted by atomic mass is 19.1. The zero-order valence-electron chi connectivity index (χ0n) is 10.7. The van der Waals surface area contributed by atoms with Crippen molar-refractivity contribution < 1.29 is 8.91 Å². The maximum atomic E-state index is 12.9. The van der Waals surface area contributed by atoms with E-state index in [0.29, 0.717) is 29.4 Å². The fourth-order valence-corrected chi connectivity index (χ4v) is 1.64. The number of hydrogen-bond acceptors (Lipinski definition) is 4. The minimum atomic E-state index is -0.384. The van der Waals surface area contributed by atoms with E-state index >= 15 is 0 Å². The Hall–Kier alpha value is -1.91. The number of aromatic nitrogens is 2. The van der Waals surface area contributed by atoms with Gasteiger partial charge in [-0.3, -0.25) is 0 Å². The van der Waals surface area contributed by atoms with Gasteiger partial charge in [0.05, 0.1) is 5.56 Å². The third-order valence-electron chi connectivity index (χ3n) is 2.40. The van der Waals surface area contributed by atoms with E-state index in [0.717, 1.165) is 0 Å². The molecule has 0 radical (unpaired) electrons. The Labute approximate surface area is 105 Å². The molecular formula is C13H16FN3O. The van der Waals surface area contributed by atoms with E-state index in [1.807, 2.05) is 0 Å². The first-order chi connectivity index (χ1) is 8.35. The molecule has 4 nitrogen and oxygen atoms in total. The number of hydrogen-bond donors (Lipinski definition) is 1. The standard InChI is InChI=1S/C13H16FN3O/c1-13(2,3)7-11-16-12(18-17-11)9-5-4-8(14)6-10(9)15/h4-6H,7,15H2,1-3H3. The Morgan fingerprint density at radius 3 is 2.67 bits per heavy atom. The molecule has 0 bridgehead atoms. The van der Waals surface area contributed by atoms with Gasteiger partial charge in [-0.15, -0.1) is 0 Å². The van der Waals surface area contributed by atoms with Crippen LogP contribution in [0, 0.1) is 11.2 Å². The Kier molecular flexibility index (Phi) is 3.07. The van der Waals surface area contributed by atoms with Crippen LogP contribution in [0.15, 0.2) is 22.7 Å². The lowest BCUT2D eigenvalue weighted by molar-refractivity contribution is 0.374. The van der Waals surface area contributed by atoms with Crippen molar-refractivity contribution in [1.82, 2.24) is 10.1 Å². The quantitative estimate of drug-likeness (QED) is 0.831. The molecule has 2 N–H and O–H groups in total. The van der Waals surface area contributed by atoms with Gasteiger partial charge in [0.2, 0.25) is 0 Å². The second-order valence-corrected chi connectivity index (χ2v) is 5.48.